The summed E-state index contributed by atoms with van der Waals surface area (Å²) in [5.74, 6) is -0.284. The largest absolute Gasteiger partial charge is 0.393 e. The molecule has 0 rings (SSSR count). The molecule has 2 unspecified atom stereocenters. The van der Waals surface area contributed by atoms with Gasteiger partial charge in [0.2, 0.25) is 5.91 Å². The van der Waals surface area contributed by atoms with Crippen LogP contribution in [-0.4, -0.2) is 67.6 Å². The van der Waals surface area contributed by atoms with E-state index in [0.29, 0.717) is 32.5 Å². The van der Waals surface area contributed by atoms with Crippen LogP contribution in [0, 0.1) is 0 Å². The van der Waals surface area contributed by atoms with Gasteiger partial charge in [-0.05, 0) is 64.6 Å². The summed E-state index contributed by atoms with van der Waals surface area (Å²) < 4.78 is 0. The molecule has 0 aliphatic rings. The maximum atomic E-state index is 12.1. The van der Waals surface area contributed by atoms with Gasteiger partial charge >= 0.3 is 0 Å². The Hall–Kier alpha value is -1.75. The van der Waals surface area contributed by atoms with Crippen molar-refractivity contribution in [3.63, 3.8) is 0 Å². The molecule has 0 saturated heterocycles. The highest BCUT2D eigenvalue weighted by molar-refractivity contribution is 5.85. The summed E-state index contributed by atoms with van der Waals surface area (Å²) in [7, 11) is 0. The summed E-state index contributed by atoms with van der Waals surface area (Å²) in [6.45, 7) is 3.63. The van der Waals surface area contributed by atoms with Gasteiger partial charge in [-0.1, -0.05) is 0 Å². The average Bonchev–Trinajstić information content (AvgIpc) is 2.67. The molecule has 0 aromatic heterocycles. The van der Waals surface area contributed by atoms with E-state index in [1.807, 2.05) is 0 Å². The lowest BCUT2D eigenvalue weighted by Gasteiger charge is -2.14. The van der Waals surface area contributed by atoms with Crippen molar-refractivity contribution >= 4 is 17.6 Å². The van der Waals surface area contributed by atoms with Crippen LogP contribution in [0.1, 0.15) is 57.8 Å². The van der Waals surface area contributed by atoms with E-state index in [-0.39, 0.29) is 36.9 Å². The highest BCUT2D eigenvalue weighted by atomic mass is 16.3. The first kappa shape index (κ1) is 27.2. The van der Waals surface area contributed by atoms with Crippen molar-refractivity contribution in [2.75, 3.05) is 32.7 Å². The Bertz CT molecular complexity index is 471. The number of hydrogen-bond donors (Lipinski definition) is 7. The van der Waals surface area contributed by atoms with Crippen molar-refractivity contribution in [2.45, 2.75) is 69.9 Å². The first-order chi connectivity index (χ1) is 13.9. The second-order valence-electron chi connectivity index (χ2n) is 7.22. The van der Waals surface area contributed by atoms with Gasteiger partial charge in [0, 0.05) is 25.9 Å². The Morgan fingerprint density at radius 3 is 2.34 bits per heavy atom. The van der Waals surface area contributed by atoms with Gasteiger partial charge in [-0.3, -0.25) is 14.6 Å². The van der Waals surface area contributed by atoms with Crippen LogP contribution in [0.25, 0.3) is 0 Å². The number of amides is 1. The minimum absolute atomic E-state index is 0.00222. The zero-order valence-corrected chi connectivity index (χ0v) is 17.6. The molecule has 2 atom stereocenters. The van der Waals surface area contributed by atoms with Gasteiger partial charge in [0.1, 0.15) is 0 Å². The molecular formula is C19H41N7O3. The minimum Gasteiger partial charge on any atom is -0.393 e. The Kier molecular flexibility index (Phi) is 17.2. The number of hydrogen-bond acceptors (Lipinski definition) is 7. The molecule has 0 aliphatic heterocycles. The van der Waals surface area contributed by atoms with Crippen molar-refractivity contribution in [3.8, 4) is 0 Å². The predicted molar refractivity (Wildman–Crippen MR) is 116 cm³/mol. The summed E-state index contributed by atoms with van der Waals surface area (Å²) in [6.07, 6.45) is 4.52. The number of nitrogens with zero attached hydrogens (tertiary/aromatic N) is 1. The molecule has 0 fully saturated rings. The number of carbonyl (C=O) groups excluding carboxylic acids is 2. The summed E-state index contributed by atoms with van der Waals surface area (Å²) >= 11 is 0. The normalized spacial score (nSPS) is 12.9. The van der Waals surface area contributed by atoms with Crippen LogP contribution in [0.4, 0.5) is 0 Å². The number of carbonyl (C=O) groups is 2. The molecule has 170 valence electrons. The van der Waals surface area contributed by atoms with Crippen molar-refractivity contribution in [1.82, 2.24) is 10.6 Å². The third-order valence-corrected chi connectivity index (χ3v) is 4.43. The number of rotatable bonds is 19. The smallest absolute Gasteiger partial charge is 0.220 e. The van der Waals surface area contributed by atoms with E-state index >= 15 is 0 Å². The summed E-state index contributed by atoms with van der Waals surface area (Å²) in [5.41, 5.74) is 21.7. The van der Waals surface area contributed by atoms with Crippen LogP contribution in [0.15, 0.2) is 4.99 Å². The zero-order valence-electron chi connectivity index (χ0n) is 17.6. The predicted octanol–water partition coefficient (Wildman–Crippen LogP) is -1.31. The fourth-order valence-electron chi connectivity index (χ4n) is 2.68. The Morgan fingerprint density at radius 2 is 1.66 bits per heavy atom. The quantitative estimate of drug-likeness (QED) is 0.0767. The highest BCUT2D eigenvalue weighted by Gasteiger charge is 2.18. The van der Waals surface area contributed by atoms with Gasteiger partial charge in [0.15, 0.2) is 11.7 Å². The lowest BCUT2D eigenvalue weighted by atomic mass is 10.00. The van der Waals surface area contributed by atoms with E-state index in [2.05, 4.69) is 15.6 Å². The van der Waals surface area contributed by atoms with E-state index < -0.39 is 12.1 Å². The summed E-state index contributed by atoms with van der Waals surface area (Å²) in [4.78, 5) is 27.8. The van der Waals surface area contributed by atoms with Crippen LogP contribution >= 0.6 is 0 Å². The highest BCUT2D eigenvalue weighted by Crippen LogP contribution is 2.08. The van der Waals surface area contributed by atoms with Gasteiger partial charge in [-0.25, -0.2) is 0 Å². The molecule has 0 spiro atoms. The molecule has 0 heterocycles. The molecule has 11 N–H and O–H groups in total. The topological polar surface area (TPSA) is 195 Å². The van der Waals surface area contributed by atoms with Gasteiger partial charge in [-0.15, -0.1) is 0 Å². The van der Waals surface area contributed by atoms with Gasteiger partial charge in [0.25, 0.3) is 0 Å². The second-order valence-corrected chi connectivity index (χ2v) is 7.22. The number of aliphatic hydroxyl groups excluding tert-OH is 1. The first-order valence-electron chi connectivity index (χ1n) is 10.6. The average molecular weight is 416 g/mol. The van der Waals surface area contributed by atoms with Crippen molar-refractivity contribution < 1.29 is 14.7 Å². The number of Topliss-reactive ketones (excluding diaryl/α,β-unsaturated/α-hetero) is 1. The Labute approximate surface area is 174 Å². The SMILES string of the molecule is NCCCNCCCCNC(=O)CCC(N)C(=O)CC(O)CCCCN=C(N)N. The van der Waals surface area contributed by atoms with Crippen LogP contribution in [0.2, 0.25) is 0 Å². The number of nitrogens with two attached hydrogens (primary N) is 4. The molecule has 29 heavy (non-hydrogen) atoms. The Morgan fingerprint density at radius 1 is 0.966 bits per heavy atom. The van der Waals surface area contributed by atoms with Crippen LogP contribution in [-0.2, 0) is 9.59 Å². The van der Waals surface area contributed by atoms with Crippen molar-refractivity contribution in [2.24, 2.45) is 27.9 Å². The van der Waals surface area contributed by atoms with Gasteiger partial charge in [-0.2, -0.15) is 0 Å². The van der Waals surface area contributed by atoms with Gasteiger partial charge < -0.3 is 38.7 Å². The third kappa shape index (κ3) is 18.0. The molecule has 0 bridgehead atoms. The number of aliphatic imine (C=N–C) groups is 1. The molecule has 0 aromatic carbocycles. The number of guanidine groups is 1. The van der Waals surface area contributed by atoms with Crippen molar-refractivity contribution in [3.05, 3.63) is 0 Å². The number of unbranched alkanes of at least 4 members (excludes halogenated alkanes) is 2. The first-order valence-corrected chi connectivity index (χ1v) is 10.6. The van der Waals surface area contributed by atoms with E-state index in [4.69, 9.17) is 22.9 Å². The number of ketones is 1. The molecule has 0 radical (unpaired) electrons. The maximum Gasteiger partial charge on any atom is 0.220 e. The Balaban J connectivity index is 3.72. The molecule has 1 amide bonds. The summed E-state index contributed by atoms with van der Waals surface area (Å²) in [6, 6.07) is -0.733. The third-order valence-electron chi connectivity index (χ3n) is 4.43. The molecule has 10 nitrogen and oxygen atoms in total. The standard InChI is InChI=1S/C19H41N7O3/c20-9-5-11-24-10-3-4-12-25-18(29)8-7-16(21)17(28)14-15(27)6-1-2-13-26-19(22)23/h15-16,24,27H,1-14,20-21H2,(H,25,29)(H4,22,23,26). The second kappa shape index (κ2) is 18.3. The van der Waals surface area contributed by atoms with E-state index in [1.54, 1.807) is 0 Å². The van der Waals surface area contributed by atoms with Crippen LogP contribution in [0.5, 0.6) is 0 Å². The monoisotopic (exact) mass is 415 g/mol. The molecule has 10 heteroatoms. The number of aliphatic hydroxyl groups is 1. The maximum absolute atomic E-state index is 12.1. The lowest BCUT2D eigenvalue weighted by Crippen LogP contribution is -2.35. The number of nitrogens with one attached hydrogen (secondary N) is 2. The lowest BCUT2D eigenvalue weighted by molar-refractivity contribution is -0.123. The van der Waals surface area contributed by atoms with E-state index in [1.165, 1.54) is 0 Å². The van der Waals surface area contributed by atoms with Crippen molar-refractivity contribution in [1.29, 1.82) is 0 Å². The molecule has 0 saturated carbocycles. The zero-order chi connectivity index (χ0) is 21.9. The summed E-state index contributed by atoms with van der Waals surface area (Å²) in [5, 5.41) is 16.1. The molecule has 0 aromatic rings. The molecular weight excluding hydrogens is 374 g/mol. The fraction of sp³-hybridized carbons (Fsp3) is 0.842. The van der Waals surface area contributed by atoms with Gasteiger partial charge in [0.05, 0.1) is 12.1 Å². The van der Waals surface area contributed by atoms with E-state index in [9.17, 15) is 14.7 Å². The van der Waals surface area contributed by atoms with Crippen LogP contribution in [0.3, 0.4) is 0 Å². The van der Waals surface area contributed by atoms with E-state index in [0.717, 1.165) is 38.8 Å². The van der Waals surface area contributed by atoms with Crippen LogP contribution < -0.4 is 33.6 Å². The minimum atomic E-state index is -0.736. The molecule has 0 aliphatic carbocycles. The fourth-order valence-corrected chi connectivity index (χ4v) is 2.68.